The minimum Gasteiger partial charge on any atom is -0.461 e. The second-order valence-corrected chi connectivity index (χ2v) is 4.34. The Balaban J connectivity index is 2.15. The quantitative estimate of drug-likeness (QED) is 0.845. The van der Waals surface area contributed by atoms with Gasteiger partial charge in [0.25, 0.3) is 0 Å². The molecule has 0 fully saturated rings. The highest BCUT2D eigenvalue weighted by molar-refractivity contribution is 6.41. The van der Waals surface area contributed by atoms with Gasteiger partial charge >= 0.3 is 5.97 Å². The Hall–Kier alpha value is -2.37. The number of halogens is 1. The number of hydrogen-bond acceptors (Lipinski definition) is 5. The van der Waals surface area contributed by atoms with Crippen LogP contribution in [-0.2, 0) is 16.1 Å². The molecule has 0 saturated heterocycles. The van der Waals surface area contributed by atoms with E-state index in [1.807, 2.05) is 0 Å². The fraction of sp³-hybridized carbons (Fsp3) is 0.286. The van der Waals surface area contributed by atoms with Gasteiger partial charge in [-0.15, -0.1) is 0 Å². The second-order valence-electron chi connectivity index (χ2n) is 4.34. The number of esters is 1. The van der Waals surface area contributed by atoms with Crippen molar-refractivity contribution in [2.75, 3.05) is 13.2 Å². The van der Waals surface area contributed by atoms with Crippen molar-refractivity contribution >= 4 is 11.7 Å². The molecule has 0 saturated carbocycles. The van der Waals surface area contributed by atoms with Crippen LogP contribution in [-0.4, -0.2) is 29.8 Å². The lowest BCUT2D eigenvalue weighted by Gasteiger charge is -2.23. The molecule has 1 heterocycles. The molecule has 0 unspecified atom stereocenters. The Kier molecular flexibility index (Phi) is 4.34. The third-order valence-corrected chi connectivity index (χ3v) is 2.73. The van der Waals surface area contributed by atoms with Crippen molar-refractivity contribution in [2.24, 2.45) is 10.8 Å². The van der Waals surface area contributed by atoms with Gasteiger partial charge in [-0.25, -0.2) is 9.18 Å². The zero-order valence-corrected chi connectivity index (χ0v) is 11.2. The van der Waals surface area contributed by atoms with Crippen molar-refractivity contribution in [3.8, 4) is 0 Å². The van der Waals surface area contributed by atoms with Gasteiger partial charge in [0.2, 0.25) is 0 Å². The number of nitrogens with zero attached hydrogens (tertiary/aromatic N) is 2. The van der Waals surface area contributed by atoms with E-state index in [2.05, 4.69) is 5.10 Å². The molecule has 0 spiro atoms. The number of carbonyl (C=O) groups excluding carboxylic acids is 1. The molecule has 1 aromatic rings. The summed E-state index contributed by atoms with van der Waals surface area (Å²) in [6, 6.07) is 6.42. The molecule has 1 aromatic carbocycles. The lowest BCUT2D eigenvalue weighted by atomic mass is 10.2. The van der Waals surface area contributed by atoms with E-state index in [4.69, 9.17) is 10.5 Å². The van der Waals surface area contributed by atoms with Gasteiger partial charge in [-0.05, 0) is 19.1 Å². The monoisotopic (exact) mass is 277 g/mol. The van der Waals surface area contributed by atoms with Crippen molar-refractivity contribution in [3.63, 3.8) is 0 Å². The largest absolute Gasteiger partial charge is 0.461 e. The first kappa shape index (κ1) is 14.0. The van der Waals surface area contributed by atoms with Crippen molar-refractivity contribution in [2.45, 2.75) is 13.5 Å². The highest BCUT2D eigenvalue weighted by atomic mass is 19.1. The molecule has 6 heteroatoms. The van der Waals surface area contributed by atoms with Crippen LogP contribution >= 0.6 is 0 Å². The summed E-state index contributed by atoms with van der Waals surface area (Å²) in [7, 11) is 0. The van der Waals surface area contributed by atoms with Gasteiger partial charge < -0.3 is 10.5 Å². The molecule has 0 aromatic heterocycles. The van der Waals surface area contributed by atoms with Crippen molar-refractivity contribution in [1.82, 2.24) is 5.01 Å². The molecular weight excluding hydrogens is 261 g/mol. The Bertz CT molecular complexity index is 569. The molecular formula is C14H16FN3O2. The van der Waals surface area contributed by atoms with Crippen molar-refractivity contribution in [1.29, 1.82) is 0 Å². The topological polar surface area (TPSA) is 67.9 Å². The SMILES string of the molecule is CCOC(=O)C1=NN(Cc2ccccc2F)CC(N)=C1. The predicted molar refractivity (Wildman–Crippen MR) is 73.1 cm³/mol. The molecule has 0 radical (unpaired) electrons. The van der Waals surface area contributed by atoms with E-state index in [-0.39, 0.29) is 24.7 Å². The number of carbonyl (C=O) groups is 1. The summed E-state index contributed by atoms with van der Waals surface area (Å²) in [5.74, 6) is -0.845. The fourth-order valence-corrected chi connectivity index (χ4v) is 1.87. The van der Waals surface area contributed by atoms with Gasteiger partial charge in [-0.3, -0.25) is 5.01 Å². The molecule has 0 amide bonds. The van der Waals surface area contributed by atoms with Crippen LogP contribution < -0.4 is 5.73 Å². The second kappa shape index (κ2) is 6.18. The molecule has 20 heavy (non-hydrogen) atoms. The van der Waals surface area contributed by atoms with Crippen molar-refractivity contribution < 1.29 is 13.9 Å². The van der Waals surface area contributed by atoms with Crippen LogP contribution in [0.25, 0.3) is 0 Å². The van der Waals surface area contributed by atoms with Crippen molar-refractivity contribution in [3.05, 3.63) is 47.4 Å². The Labute approximate surface area is 116 Å². The standard InChI is InChI=1S/C14H16FN3O2/c1-2-20-14(19)13-7-11(16)9-18(17-13)8-10-5-3-4-6-12(10)15/h3-7H,2,8-9,16H2,1H3. The first-order valence-electron chi connectivity index (χ1n) is 6.30. The van der Waals surface area contributed by atoms with Gasteiger partial charge in [-0.2, -0.15) is 5.10 Å². The Morgan fingerprint density at radius 1 is 1.50 bits per heavy atom. The molecule has 1 aliphatic heterocycles. The molecule has 0 aliphatic carbocycles. The number of benzene rings is 1. The molecule has 0 bridgehead atoms. The summed E-state index contributed by atoms with van der Waals surface area (Å²) >= 11 is 0. The molecule has 5 nitrogen and oxygen atoms in total. The predicted octanol–water partition coefficient (Wildman–Crippen LogP) is 1.40. The average Bonchev–Trinajstić information content (AvgIpc) is 2.41. The van der Waals surface area contributed by atoms with E-state index >= 15 is 0 Å². The van der Waals surface area contributed by atoms with Crippen LogP contribution in [0.2, 0.25) is 0 Å². The normalized spacial score (nSPS) is 14.6. The van der Waals surface area contributed by atoms with Crippen LogP contribution in [0.1, 0.15) is 12.5 Å². The van der Waals surface area contributed by atoms with Crippen LogP contribution in [0.3, 0.4) is 0 Å². The van der Waals surface area contributed by atoms with Gasteiger partial charge in [0.05, 0.1) is 19.7 Å². The zero-order valence-electron chi connectivity index (χ0n) is 11.2. The smallest absolute Gasteiger partial charge is 0.358 e. The van der Waals surface area contributed by atoms with Crippen LogP contribution in [0.15, 0.2) is 41.1 Å². The van der Waals surface area contributed by atoms with E-state index in [0.29, 0.717) is 17.8 Å². The average molecular weight is 277 g/mol. The molecule has 0 atom stereocenters. The maximum atomic E-state index is 13.6. The molecule has 2 rings (SSSR count). The molecule has 106 valence electrons. The van der Waals surface area contributed by atoms with E-state index in [1.54, 1.807) is 30.1 Å². The third-order valence-electron chi connectivity index (χ3n) is 2.73. The van der Waals surface area contributed by atoms with Crippen LogP contribution in [0.5, 0.6) is 0 Å². The number of rotatable bonds is 4. The lowest BCUT2D eigenvalue weighted by molar-refractivity contribution is -0.135. The Morgan fingerprint density at radius 2 is 2.25 bits per heavy atom. The number of ether oxygens (including phenoxy) is 1. The van der Waals surface area contributed by atoms with Gasteiger partial charge in [-0.1, -0.05) is 18.2 Å². The Morgan fingerprint density at radius 3 is 2.95 bits per heavy atom. The van der Waals surface area contributed by atoms with Crippen LogP contribution in [0.4, 0.5) is 4.39 Å². The van der Waals surface area contributed by atoms with Gasteiger partial charge in [0.15, 0.2) is 5.71 Å². The third kappa shape index (κ3) is 3.34. The first-order valence-corrected chi connectivity index (χ1v) is 6.30. The first-order chi connectivity index (χ1) is 9.60. The van der Waals surface area contributed by atoms with E-state index in [0.717, 1.165) is 0 Å². The van der Waals surface area contributed by atoms with Crippen LogP contribution in [0, 0.1) is 5.82 Å². The maximum Gasteiger partial charge on any atom is 0.358 e. The zero-order chi connectivity index (χ0) is 14.5. The summed E-state index contributed by atoms with van der Waals surface area (Å²) in [5, 5.41) is 5.68. The van der Waals surface area contributed by atoms with E-state index in [9.17, 15) is 9.18 Å². The molecule has 2 N–H and O–H groups in total. The summed E-state index contributed by atoms with van der Waals surface area (Å²) < 4.78 is 18.5. The highest BCUT2D eigenvalue weighted by Crippen LogP contribution is 2.13. The number of nitrogens with two attached hydrogens (primary N) is 1. The van der Waals surface area contributed by atoms with E-state index < -0.39 is 5.97 Å². The fourth-order valence-electron chi connectivity index (χ4n) is 1.87. The summed E-state index contributed by atoms with van der Waals surface area (Å²) in [5.41, 5.74) is 6.89. The number of hydrazone groups is 1. The van der Waals surface area contributed by atoms with Gasteiger partial charge in [0.1, 0.15) is 5.82 Å². The summed E-state index contributed by atoms with van der Waals surface area (Å²) in [4.78, 5) is 11.7. The van der Waals surface area contributed by atoms with E-state index in [1.165, 1.54) is 12.1 Å². The number of hydrogen-bond donors (Lipinski definition) is 1. The molecule has 1 aliphatic rings. The summed E-state index contributed by atoms with van der Waals surface area (Å²) in [6.45, 7) is 2.56. The summed E-state index contributed by atoms with van der Waals surface area (Å²) in [6.07, 6.45) is 1.48. The highest BCUT2D eigenvalue weighted by Gasteiger charge is 2.19. The minimum atomic E-state index is -0.534. The minimum absolute atomic E-state index is 0.131. The maximum absolute atomic E-state index is 13.6. The lowest BCUT2D eigenvalue weighted by Crippen LogP contribution is -2.32. The van der Waals surface area contributed by atoms with Gasteiger partial charge in [0, 0.05) is 11.3 Å².